The maximum atomic E-state index is 11.4. The van der Waals surface area contributed by atoms with E-state index in [2.05, 4.69) is 5.32 Å². The first-order valence-corrected chi connectivity index (χ1v) is 7.99. The zero-order valence-electron chi connectivity index (χ0n) is 13.9. The lowest BCUT2D eigenvalue weighted by Crippen LogP contribution is -2.68. The van der Waals surface area contributed by atoms with Gasteiger partial charge in [0.05, 0.1) is 24.9 Å². The van der Waals surface area contributed by atoms with Gasteiger partial charge in [0.2, 0.25) is 5.91 Å². The first-order valence-electron chi connectivity index (χ1n) is 7.99. The van der Waals surface area contributed by atoms with Gasteiger partial charge in [-0.3, -0.25) is 4.79 Å². The molecular weight excluding hydrogens is 340 g/mol. The van der Waals surface area contributed by atoms with Crippen LogP contribution in [0.15, 0.2) is 0 Å². The summed E-state index contributed by atoms with van der Waals surface area (Å²) in [6.45, 7) is 2.12. The number of nitrogens with two attached hydrogens (primary N) is 1. The molecule has 2 fully saturated rings. The van der Waals surface area contributed by atoms with Crippen LogP contribution in [0.3, 0.4) is 0 Å². The monoisotopic (exact) mass is 366 g/mol. The lowest BCUT2D eigenvalue weighted by molar-refractivity contribution is -0.328. The van der Waals surface area contributed by atoms with Crippen LogP contribution in [0.25, 0.3) is 0 Å². The standard InChI is InChI=1S/C14H26N2O9/c1-4-9(19)7(15)12(13(22)23-4)25-14-8(16-5(2)18)11(21)10(20)6(3-17)24-14/h4,6-14,17,19-22H,3,15H2,1-2H3,(H,16,18)/t4-,6-,7+,8-,9-,10+,11-,12-,13+,14-/m1/s1. The summed E-state index contributed by atoms with van der Waals surface area (Å²) in [6, 6.07) is -2.22. The molecule has 11 heteroatoms. The Kier molecular flexibility index (Phi) is 6.70. The number of carbonyl (C=O) groups is 1. The van der Waals surface area contributed by atoms with Crippen molar-refractivity contribution in [3.05, 3.63) is 0 Å². The fraction of sp³-hybridized carbons (Fsp3) is 0.929. The zero-order chi connectivity index (χ0) is 18.9. The third-order valence-corrected chi connectivity index (χ3v) is 4.43. The molecule has 8 N–H and O–H groups in total. The van der Waals surface area contributed by atoms with Crippen molar-refractivity contribution in [3.8, 4) is 0 Å². The van der Waals surface area contributed by atoms with E-state index in [1.807, 2.05) is 0 Å². The molecule has 0 spiro atoms. The van der Waals surface area contributed by atoms with E-state index < -0.39 is 73.8 Å². The Morgan fingerprint density at radius 3 is 2.36 bits per heavy atom. The van der Waals surface area contributed by atoms with Crippen molar-refractivity contribution in [3.63, 3.8) is 0 Å². The molecule has 0 unspecified atom stereocenters. The molecule has 2 heterocycles. The molecule has 2 aliphatic heterocycles. The van der Waals surface area contributed by atoms with E-state index in [0.717, 1.165) is 0 Å². The molecular formula is C14H26N2O9. The number of nitrogens with one attached hydrogen (secondary N) is 1. The summed E-state index contributed by atoms with van der Waals surface area (Å²) in [7, 11) is 0. The number of aliphatic hydroxyl groups excluding tert-OH is 5. The Bertz CT molecular complexity index is 468. The molecule has 10 atom stereocenters. The lowest BCUT2D eigenvalue weighted by Gasteiger charge is -2.46. The van der Waals surface area contributed by atoms with Crippen molar-refractivity contribution in [2.24, 2.45) is 5.73 Å². The summed E-state index contributed by atoms with van der Waals surface area (Å²) in [5.41, 5.74) is 5.88. The molecule has 1 amide bonds. The Morgan fingerprint density at radius 1 is 1.16 bits per heavy atom. The molecule has 0 radical (unpaired) electrons. The number of ether oxygens (including phenoxy) is 3. The average molecular weight is 366 g/mol. The van der Waals surface area contributed by atoms with Crippen LogP contribution >= 0.6 is 0 Å². The van der Waals surface area contributed by atoms with E-state index in [0.29, 0.717) is 0 Å². The van der Waals surface area contributed by atoms with Gasteiger partial charge in [-0.15, -0.1) is 0 Å². The summed E-state index contributed by atoms with van der Waals surface area (Å²) in [6.07, 6.45) is -10.0. The molecule has 146 valence electrons. The first kappa shape index (κ1) is 20.4. The first-order chi connectivity index (χ1) is 11.7. The van der Waals surface area contributed by atoms with Crippen molar-refractivity contribution < 1.29 is 44.5 Å². The molecule has 2 aliphatic rings. The molecule has 11 nitrogen and oxygen atoms in total. The lowest BCUT2D eigenvalue weighted by atomic mass is 9.95. The van der Waals surface area contributed by atoms with Crippen LogP contribution in [0.1, 0.15) is 13.8 Å². The van der Waals surface area contributed by atoms with E-state index in [1.54, 1.807) is 0 Å². The number of hydrogen-bond acceptors (Lipinski definition) is 10. The Labute approximate surface area is 144 Å². The summed E-state index contributed by atoms with van der Waals surface area (Å²) in [5.74, 6) is -0.519. The van der Waals surface area contributed by atoms with E-state index in [4.69, 9.17) is 19.9 Å². The predicted octanol–water partition coefficient (Wildman–Crippen LogP) is -4.26. The molecule has 0 aromatic carbocycles. The third kappa shape index (κ3) is 4.27. The van der Waals surface area contributed by atoms with Crippen molar-refractivity contribution in [2.75, 3.05) is 6.61 Å². The number of aliphatic hydroxyl groups is 5. The van der Waals surface area contributed by atoms with E-state index >= 15 is 0 Å². The highest BCUT2D eigenvalue weighted by molar-refractivity contribution is 5.73. The van der Waals surface area contributed by atoms with Crippen LogP contribution < -0.4 is 11.1 Å². The SMILES string of the molecule is CC(=O)N[C@H]1[C@@H](O[C@@H]2[C@@H](N)[C@H](O)[C@@H](C)O[C@@H]2O)O[C@H](CO)[C@H](O)[C@@H]1O. The molecule has 2 rings (SSSR count). The number of hydrogen-bond donors (Lipinski definition) is 7. The number of amides is 1. The topological polar surface area (TPSA) is 184 Å². The van der Waals surface area contributed by atoms with Crippen molar-refractivity contribution in [1.82, 2.24) is 5.32 Å². The van der Waals surface area contributed by atoms with E-state index in [1.165, 1.54) is 13.8 Å². The molecule has 0 aromatic heterocycles. The summed E-state index contributed by atoms with van der Waals surface area (Å²) < 4.78 is 16.1. The van der Waals surface area contributed by atoms with Crippen LogP contribution in [-0.4, -0.2) is 99.3 Å². The fourth-order valence-corrected chi connectivity index (χ4v) is 2.97. The van der Waals surface area contributed by atoms with Gasteiger partial charge in [-0.1, -0.05) is 0 Å². The summed E-state index contributed by atoms with van der Waals surface area (Å²) in [4.78, 5) is 11.4. The maximum Gasteiger partial charge on any atom is 0.217 e. The van der Waals surface area contributed by atoms with Crippen LogP contribution in [0, 0.1) is 0 Å². The van der Waals surface area contributed by atoms with Crippen LogP contribution in [0.5, 0.6) is 0 Å². The Balaban J connectivity index is 2.19. The molecule has 25 heavy (non-hydrogen) atoms. The highest BCUT2D eigenvalue weighted by atomic mass is 16.7. The molecule has 0 saturated carbocycles. The van der Waals surface area contributed by atoms with Crippen molar-refractivity contribution in [1.29, 1.82) is 0 Å². The van der Waals surface area contributed by atoms with Gasteiger partial charge in [-0.05, 0) is 6.92 Å². The van der Waals surface area contributed by atoms with Crippen molar-refractivity contribution >= 4 is 5.91 Å². The number of rotatable bonds is 4. The van der Waals surface area contributed by atoms with Crippen LogP contribution in [0.2, 0.25) is 0 Å². The Hall–Kier alpha value is -0.890. The fourth-order valence-electron chi connectivity index (χ4n) is 2.97. The van der Waals surface area contributed by atoms with Gasteiger partial charge in [0, 0.05) is 6.92 Å². The van der Waals surface area contributed by atoms with Crippen LogP contribution in [-0.2, 0) is 19.0 Å². The predicted molar refractivity (Wildman–Crippen MR) is 80.8 cm³/mol. The third-order valence-electron chi connectivity index (χ3n) is 4.43. The average Bonchev–Trinajstić information content (AvgIpc) is 2.55. The molecule has 2 saturated heterocycles. The van der Waals surface area contributed by atoms with E-state index in [-0.39, 0.29) is 0 Å². The minimum atomic E-state index is -1.50. The largest absolute Gasteiger partial charge is 0.394 e. The van der Waals surface area contributed by atoms with Gasteiger partial charge in [-0.25, -0.2) is 0 Å². The van der Waals surface area contributed by atoms with Crippen LogP contribution in [0.4, 0.5) is 0 Å². The second kappa shape index (κ2) is 8.20. The number of carbonyl (C=O) groups excluding carboxylic acids is 1. The molecule has 0 aliphatic carbocycles. The van der Waals surface area contributed by atoms with Crippen molar-refractivity contribution in [2.45, 2.75) is 75.1 Å². The molecule has 0 bridgehead atoms. The van der Waals surface area contributed by atoms with Gasteiger partial charge in [-0.2, -0.15) is 0 Å². The van der Waals surface area contributed by atoms with Gasteiger partial charge in [0.1, 0.15) is 30.5 Å². The minimum Gasteiger partial charge on any atom is -0.394 e. The minimum absolute atomic E-state index is 0.519. The second-order valence-electron chi connectivity index (χ2n) is 6.33. The van der Waals surface area contributed by atoms with Gasteiger partial charge in [0.15, 0.2) is 12.6 Å². The van der Waals surface area contributed by atoms with Gasteiger partial charge in [0.25, 0.3) is 0 Å². The summed E-state index contributed by atoms with van der Waals surface area (Å²) >= 11 is 0. The smallest absolute Gasteiger partial charge is 0.217 e. The normalized spacial score (nSPS) is 48.2. The summed E-state index contributed by atoms with van der Waals surface area (Å²) in [5, 5.41) is 51.8. The second-order valence-corrected chi connectivity index (χ2v) is 6.33. The highest BCUT2D eigenvalue weighted by Gasteiger charge is 2.49. The maximum absolute atomic E-state index is 11.4. The zero-order valence-corrected chi connectivity index (χ0v) is 13.9. The quantitative estimate of drug-likeness (QED) is 0.257. The van der Waals surface area contributed by atoms with Gasteiger partial charge >= 0.3 is 0 Å². The van der Waals surface area contributed by atoms with E-state index in [9.17, 15) is 30.3 Å². The van der Waals surface area contributed by atoms with Gasteiger partial charge < -0.3 is 50.8 Å². The Morgan fingerprint density at radius 2 is 1.80 bits per heavy atom. The molecule has 0 aromatic rings. The highest BCUT2D eigenvalue weighted by Crippen LogP contribution is 2.27.